The van der Waals surface area contributed by atoms with E-state index in [0.29, 0.717) is 35.5 Å². The molecule has 2 N–H and O–H groups in total. The lowest BCUT2D eigenvalue weighted by atomic mass is 9.93. The van der Waals surface area contributed by atoms with Gasteiger partial charge in [-0.05, 0) is 103 Å². The van der Waals surface area contributed by atoms with Crippen molar-refractivity contribution in [2.75, 3.05) is 25.0 Å². The Morgan fingerprint density at radius 2 is 2.02 bits per heavy atom. The molecule has 2 aromatic rings. The van der Waals surface area contributed by atoms with E-state index >= 15 is 0 Å². The van der Waals surface area contributed by atoms with Crippen LogP contribution in [0.25, 0.3) is 5.76 Å². The largest absolute Gasteiger partial charge is 0.492 e. The lowest BCUT2D eigenvalue weighted by molar-refractivity contribution is 0.0130. The Hall–Kier alpha value is -2.98. The molecule has 2 aliphatic rings. The third-order valence-electron chi connectivity index (χ3n) is 6.92. The average Bonchev–Trinajstić information content (AvgIpc) is 3.23. The predicted octanol–water partition coefficient (Wildman–Crippen LogP) is 6.95. The monoisotopic (exact) mass is 601 g/mol. The lowest BCUT2D eigenvalue weighted by Gasteiger charge is -2.33. The summed E-state index contributed by atoms with van der Waals surface area (Å²) in [6.07, 6.45) is 6.55. The van der Waals surface area contributed by atoms with Gasteiger partial charge in [0, 0.05) is 30.6 Å². The number of hydrogen-bond donors (Lipinski definition) is 2. The van der Waals surface area contributed by atoms with Crippen LogP contribution in [0.1, 0.15) is 82.8 Å². The number of pyridine rings is 2. The molecule has 1 saturated heterocycles. The van der Waals surface area contributed by atoms with Gasteiger partial charge in [-0.25, -0.2) is 14.8 Å². The smallest absolute Gasteiger partial charge is 0.410 e. The summed E-state index contributed by atoms with van der Waals surface area (Å²) in [6.45, 7) is 12.0. The maximum absolute atomic E-state index is 12.7. The van der Waals surface area contributed by atoms with E-state index in [1.807, 2.05) is 49.9 Å². The maximum Gasteiger partial charge on any atom is 0.410 e. The van der Waals surface area contributed by atoms with Crippen LogP contribution in [0.5, 0.6) is 0 Å². The number of carbonyl (C=O) groups excluding carboxylic acids is 2. The summed E-state index contributed by atoms with van der Waals surface area (Å²) >= 11 is 7.44. The first-order valence-corrected chi connectivity index (χ1v) is 15.3. The lowest BCUT2D eigenvalue weighted by Crippen LogP contribution is -2.45. The number of aromatic nitrogens is 2. The van der Waals surface area contributed by atoms with Crippen molar-refractivity contribution in [1.29, 1.82) is 0 Å². The summed E-state index contributed by atoms with van der Waals surface area (Å²) in [7, 11) is 0. The number of ether oxygens (including phenoxy) is 2. The molecule has 41 heavy (non-hydrogen) atoms. The molecule has 2 amide bonds. The fourth-order valence-corrected chi connectivity index (χ4v) is 5.86. The standard InChI is InChI=1S/C30H40ClN5O4S/c1-29(2,3)40-28(38)36-19-20(18-30(36,4)5)10-9-16-32-24-12-8-13-25(34-24)41-35-27(37)21-14-15-22(33-26(21)31)23-11-6-7-17-39-23/h8,11-15,20H,6-7,9-10,16-19H2,1-5H3,(H,32,34)(H,35,37)/t20-/m0/s1. The van der Waals surface area contributed by atoms with Gasteiger partial charge >= 0.3 is 6.09 Å². The number of nitrogens with one attached hydrogen (secondary N) is 2. The van der Waals surface area contributed by atoms with Crippen molar-refractivity contribution in [2.45, 2.75) is 82.9 Å². The van der Waals surface area contributed by atoms with Crippen LogP contribution in [0.4, 0.5) is 10.6 Å². The minimum Gasteiger partial charge on any atom is -0.492 e. The Kier molecular flexibility index (Phi) is 10.1. The summed E-state index contributed by atoms with van der Waals surface area (Å²) in [5, 5.41) is 4.14. The van der Waals surface area contributed by atoms with Gasteiger partial charge in [-0.3, -0.25) is 9.52 Å². The molecule has 2 aromatic heterocycles. The minimum absolute atomic E-state index is 0.124. The highest BCUT2D eigenvalue weighted by Gasteiger charge is 2.42. The van der Waals surface area contributed by atoms with E-state index < -0.39 is 5.60 Å². The quantitative estimate of drug-likeness (QED) is 0.181. The number of likely N-dealkylation sites (tertiary alicyclic amines) is 1. The van der Waals surface area contributed by atoms with E-state index in [-0.39, 0.29) is 28.3 Å². The zero-order valence-corrected chi connectivity index (χ0v) is 26.0. The molecule has 1 fully saturated rings. The number of allylic oxidation sites excluding steroid dienone is 1. The highest BCUT2D eigenvalue weighted by molar-refractivity contribution is 7.97. The third kappa shape index (κ3) is 8.75. The van der Waals surface area contributed by atoms with Gasteiger partial charge in [-0.1, -0.05) is 17.7 Å². The van der Waals surface area contributed by atoms with Gasteiger partial charge in [-0.2, -0.15) is 0 Å². The van der Waals surface area contributed by atoms with E-state index in [0.717, 1.165) is 56.4 Å². The molecule has 0 aromatic carbocycles. The molecule has 222 valence electrons. The molecule has 0 spiro atoms. The number of carbonyl (C=O) groups is 2. The molecule has 0 bridgehead atoms. The van der Waals surface area contributed by atoms with Crippen LogP contribution in [-0.2, 0) is 9.47 Å². The number of halogens is 1. The van der Waals surface area contributed by atoms with Gasteiger partial charge in [0.25, 0.3) is 5.91 Å². The molecule has 9 nitrogen and oxygen atoms in total. The number of anilines is 1. The summed E-state index contributed by atoms with van der Waals surface area (Å²) in [4.78, 5) is 36.2. The molecule has 1 atom stereocenters. The fraction of sp³-hybridized carbons (Fsp3) is 0.533. The summed E-state index contributed by atoms with van der Waals surface area (Å²) in [6, 6.07) is 9.02. The molecule has 4 heterocycles. The molecule has 0 saturated carbocycles. The van der Waals surface area contributed by atoms with Crippen LogP contribution in [0.3, 0.4) is 0 Å². The van der Waals surface area contributed by atoms with Gasteiger partial charge in [0.05, 0.1) is 12.2 Å². The summed E-state index contributed by atoms with van der Waals surface area (Å²) in [5.41, 5.74) is 0.183. The summed E-state index contributed by atoms with van der Waals surface area (Å²) < 4.78 is 14.0. The van der Waals surface area contributed by atoms with Crippen LogP contribution in [0.2, 0.25) is 5.15 Å². The normalized spacial score (nSPS) is 18.3. The van der Waals surface area contributed by atoms with Crippen molar-refractivity contribution in [1.82, 2.24) is 19.6 Å². The Balaban J connectivity index is 1.22. The molecule has 2 aliphatic heterocycles. The second-order valence-corrected chi connectivity index (χ2v) is 13.2. The first kappa shape index (κ1) is 31.0. The van der Waals surface area contributed by atoms with Crippen molar-refractivity contribution in [3.63, 3.8) is 0 Å². The second-order valence-electron chi connectivity index (χ2n) is 12.0. The van der Waals surface area contributed by atoms with E-state index in [2.05, 4.69) is 33.9 Å². The molecule has 0 aliphatic carbocycles. The van der Waals surface area contributed by atoms with E-state index in [4.69, 9.17) is 21.1 Å². The number of nitrogens with zero attached hydrogens (tertiary/aromatic N) is 3. The van der Waals surface area contributed by atoms with Crippen molar-refractivity contribution >= 4 is 47.1 Å². The predicted molar refractivity (Wildman–Crippen MR) is 163 cm³/mol. The topological polar surface area (TPSA) is 106 Å². The van der Waals surface area contributed by atoms with E-state index in [9.17, 15) is 9.59 Å². The zero-order valence-electron chi connectivity index (χ0n) is 24.5. The molecule has 4 rings (SSSR count). The second kappa shape index (κ2) is 13.3. The van der Waals surface area contributed by atoms with Crippen LogP contribution < -0.4 is 10.0 Å². The van der Waals surface area contributed by atoms with Gasteiger partial charge in [0.2, 0.25) is 0 Å². The highest BCUT2D eigenvalue weighted by Crippen LogP contribution is 2.36. The van der Waals surface area contributed by atoms with Gasteiger partial charge < -0.3 is 19.7 Å². The average molecular weight is 602 g/mol. The highest BCUT2D eigenvalue weighted by atomic mass is 35.5. The van der Waals surface area contributed by atoms with Gasteiger partial charge in [0.15, 0.2) is 0 Å². The van der Waals surface area contributed by atoms with Crippen molar-refractivity contribution in [3.05, 3.63) is 52.8 Å². The summed E-state index contributed by atoms with van der Waals surface area (Å²) in [5.74, 6) is 1.50. The molecular weight excluding hydrogens is 562 g/mol. The number of hydrogen-bond acceptors (Lipinski definition) is 8. The van der Waals surface area contributed by atoms with Crippen molar-refractivity contribution in [3.8, 4) is 0 Å². The molecule has 0 unspecified atom stereocenters. The first-order chi connectivity index (χ1) is 19.4. The Bertz CT molecular complexity index is 1280. The Labute approximate surface area is 251 Å². The first-order valence-electron chi connectivity index (χ1n) is 14.1. The van der Waals surface area contributed by atoms with Crippen LogP contribution >= 0.6 is 23.5 Å². The molecule has 11 heteroatoms. The maximum atomic E-state index is 12.7. The zero-order chi connectivity index (χ0) is 29.6. The van der Waals surface area contributed by atoms with Gasteiger partial charge in [-0.15, -0.1) is 0 Å². The third-order valence-corrected chi connectivity index (χ3v) is 7.93. The van der Waals surface area contributed by atoms with E-state index in [1.54, 1.807) is 12.1 Å². The van der Waals surface area contributed by atoms with Crippen molar-refractivity contribution < 1.29 is 19.1 Å². The van der Waals surface area contributed by atoms with Crippen molar-refractivity contribution in [2.24, 2.45) is 5.92 Å². The molecule has 0 radical (unpaired) electrons. The van der Waals surface area contributed by atoms with E-state index in [1.165, 1.54) is 0 Å². The molecular formula is C30H40ClN5O4S. The Morgan fingerprint density at radius 3 is 2.73 bits per heavy atom. The van der Waals surface area contributed by atoms with Crippen LogP contribution in [0, 0.1) is 5.92 Å². The SMILES string of the molecule is CC(C)(C)OC(=O)N1C[C@@H](CCCNc2cccc(SNC(=O)c3ccc(C4=CCCCO4)nc3Cl)n2)CC1(C)C. The van der Waals surface area contributed by atoms with Crippen LogP contribution in [-0.4, -0.2) is 57.7 Å². The fourth-order valence-electron chi connectivity index (χ4n) is 5.03. The van der Waals surface area contributed by atoms with Crippen LogP contribution in [0.15, 0.2) is 41.4 Å². The number of amides is 2. The minimum atomic E-state index is -0.504. The van der Waals surface area contributed by atoms with Gasteiger partial charge in [0.1, 0.15) is 33.1 Å². The number of rotatable bonds is 9. The Morgan fingerprint density at radius 1 is 1.22 bits per heavy atom.